The Morgan fingerprint density at radius 3 is 2.05 bits per heavy atom. The molecule has 1 aromatic carbocycles. The van der Waals surface area contributed by atoms with Crippen molar-refractivity contribution in [2.45, 2.75) is 57.6 Å². The molecule has 1 aliphatic rings. The van der Waals surface area contributed by atoms with E-state index in [0.717, 1.165) is 18.4 Å². The molecule has 0 amide bonds. The Labute approximate surface area is 122 Å². The molecule has 2 rings (SSSR count). The van der Waals surface area contributed by atoms with Crippen molar-refractivity contribution >= 4 is 12.4 Å². The second kappa shape index (κ2) is 6.25. The van der Waals surface area contributed by atoms with Crippen molar-refractivity contribution in [2.24, 2.45) is 11.7 Å². The number of aliphatic hydroxyl groups is 1. The van der Waals surface area contributed by atoms with Crippen molar-refractivity contribution in [1.29, 1.82) is 0 Å². The van der Waals surface area contributed by atoms with Crippen LogP contribution in [0, 0.1) is 5.92 Å². The normalized spacial score (nSPS) is 19.2. The Morgan fingerprint density at radius 2 is 1.68 bits per heavy atom. The second-order valence-corrected chi connectivity index (χ2v) is 6.58. The van der Waals surface area contributed by atoms with E-state index in [1.54, 1.807) is 0 Å². The van der Waals surface area contributed by atoms with Crippen molar-refractivity contribution in [2.75, 3.05) is 0 Å². The van der Waals surface area contributed by atoms with E-state index >= 15 is 0 Å². The summed E-state index contributed by atoms with van der Waals surface area (Å²) in [6.07, 6.45) is 3.08. The summed E-state index contributed by atoms with van der Waals surface area (Å²) in [4.78, 5) is 0. The molecule has 0 spiro atoms. The number of halogens is 1. The Balaban J connectivity index is 0.00000180. The quantitative estimate of drug-likeness (QED) is 0.891. The lowest BCUT2D eigenvalue weighted by Gasteiger charge is -2.34. The van der Waals surface area contributed by atoms with Crippen LogP contribution in [0.15, 0.2) is 24.3 Å². The molecule has 19 heavy (non-hydrogen) atoms. The van der Waals surface area contributed by atoms with Gasteiger partial charge in [-0.05, 0) is 35.3 Å². The van der Waals surface area contributed by atoms with Gasteiger partial charge in [0.05, 0.1) is 12.1 Å². The van der Waals surface area contributed by atoms with Gasteiger partial charge in [-0.2, -0.15) is 0 Å². The topological polar surface area (TPSA) is 46.2 Å². The molecule has 3 heteroatoms. The number of hydrogen-bond acceptors (Lipinski definition) is 2. The monoisotopic (exact) mass is 283 g/mol. The molecule has 1 fully saturated rings. The predicted octanol–water partition coefficient (Wildman–Crippen LogP) is 3.57. The van der Waals surface area contributed by atoms with Crippen molar-refractivity contribution in [3.8, 4) is 0 Å². The summed E-state index contributed by atoms with van der Waals surface area (Å²) in [5, 5.41) is 10.2. The van der Waals surface area contributed by atoms with Crippen LogP contribution in [0.1, 0.15) is 57.2 Å². The van der Waals surface area contributed by atoms with E-state index in [0.29, 0.717) is 5.92 Å². The molecule has 0 aromatic heterocycles. The number of nitrogens with two attached hydrogens (primary N) is 1. The molecule has 2 atom stereocenters. The average molecular weight is 284 g/mol. The maximum Gasteiger partial charge on any atom is 0.0760 e. The third kappa shape index (κ3) is 3.71. The van der Waals surface area contributed by atoms with Gasteiger partial charge < -0.3 is 10.8 Å². The van der Waals surface area contributed by atoms with Crippen LogP contribution in [0.5, 0.6) is 0 Å². The lowest BCUT2D eigenvalue weighted by atomic mass is 9.77. The highest BCUT2D eigenvalue weighted by molar-refractivity contribution is 5.85. The molecule has 0 aliphatic heterocycles. The molecule has 0 saturated heterocycles. The molecule has 0 bridgehead atoms. The lowest BCUT2D eigenvalue weighted by Crippen LogP contribution is -2.36. The van der Waals surface area contributed by atoms with Gasteiger partial charge in [0.25, 0.3) is 0 Å². The largest absolute Gasteiger partial charge is 0.391 e. The first kappa shape index (κ1) is 16.5. The highest BCUT2D eigenvalue weighted by Gasteiger charge is 2.30. The number of aliphatic hydroxyl groups excluding tert-OH is 1. The van der Waals surface area contributed by atoms with Crippen LogP contribution in [-0.2, 0) is 5.41 Å². The minimum Gasteiger partial charge on any atom is -0.391 e. The minimum atomic E-state index is -0.390. The van der Waals surface area contributed by atoms with Crippen LogP contribution in [0.2, 0.25) is 0 Å². The summed E-state index contributed by atoms with van der Waals surface area (Å²) < 4.78 is 0. The smallest absolute Gasteiger partial charge is 0.0760 e. The highest BCUT2D eigenvalue weighted by atomic mass is 35.5. The molecular weight excluding hydrogens is 258 g/mol. The third-order valence-electron chi connectivity index (χ3n) is 4.16. The summed E-state index contributed by atoms with van der Waals surface area (Å²) in [7, 11) is 0. The first-order valence-corrected chi connectivity index (χ1v) is 6.93. The molecule has 1 aliphatic carbocycles. The zero-order chi connectivity index (χ0) is 13.3. The van der Waals surface area contributed by atoms with Crippen LogP contribution >= 0.6 is 12.4 Å². The fraction of sp³-hybridized carbons (Fsp3) is 0.625. The van der Waals surface area contributed by atoms with Crippen LogP contribution < -0.4 is 5.73 Å². The van der Waals surface area contributed by atoms with Gasteiger partial charge in [-0.25, -0.2) is 0 Å². The Hall–Kier alpha value is -0.570. The first-order valence-electron chi connectivity index (χ1n) is 6.93. The highest BCUT2D eigenvalue weighted by Crippen LogP contribution is 2.34. The van der Waals surface area contributed by atoms with E-state index in [9.17, 15) is 5.11 Å². The van der Waals surface area contributed by atoms with Crippen LogP contribution in [-0.4, -0.2) is 11.2 Å². The van der Waals surface area contributed by atoms with Gasteiger partial charge in [-0.3, -0.25) is 0 Å². The fourth-order valence-electron chi connectivity index (χ4n) is 2.48. The molecule has 1 saturated carbocycles. The van der Waals surface area contributed by atoms with Crippen LogP contribution in [0.3, 0.4) is 0 Å². The standard InChI is InChI=1S/C16H25NO.ClH/c1-16(2,3)13-9-7-11(8-10-13)14(17)15(18)12-5-4-6-12;/h7-10,12,14-15,18H,4-6,17H2,1-3H3;1H/t14-,15+;/m1./s1. The molecular formula is C16H26ClNO. The minimum absolute atomic E-state index is 0. The number of hydrogen-bond donors (Lipinski definition) is 2. The Kier molecular flexibility index (Phi) is 5.43. The fourth-order valence-corrected chi connectivity index (χ4v) is 2.48. The van der Waals surface area contributed by atoms with Crippen LogP contribution in [0.4, 0.5) is 0 Å². The molecule has 0 unspecified atom stereocenters. The zero-order valence-corrected chi connectivity index (χ0v) is 12.9. The maximum absolute atomic E-state index is 10.2. The predicted molar refractivity (Wildman–Crippen MR) is 82.7 cm³/mol. The lowest BCUT2D eigenvalue weighted by molar-refractivity contribution is 0.0413. The number of benzene rings is 1. The van der Waals surface area contributed by atoms with Gasteiger partial charge in [0.15, 0.2) is 0 Å². The van der Waals surface area contributed by atoms with Gasteiger partial charge in [-0.1, -0.05) is 51.5 Å². The maximum atomic E-state index is 10.2. The van der Waals surface area contributed by atoms with Gasteiger partial charge in [0, 0.05) is 0 Å². The Bertz CT molecular complexity index is 392. The van der Waals surface area contributed by atoms with Gasteiger partial charge in [0.1, 0.15) is 0 Å². The van der Waals surface area contributed by atoms with E-state index in [2.05, 4.69) is 45.0 Å². The van der Waals surface area contributed by atoms with Crippen molar-refractivity contribution in [3.63, 3.8) is 0 Å². The molecule has 3 N–H and O–H groups in total. The average Bonchev–Trinajstić information content (AvgIpc) is 2.24. The van der Waals surface area contributed by atoms with Gasteiger partial charge >= 0.3 is 0 Å². The van der Waals surface area contributed by atoms with E-state index in [-0.39, 0.29) is 30.0 Å². The van der Waals surface area contributed by atoms with E-state index in [1.165, 1.54) is 12.0 Å². The Morgan fingerprint density at radius 1 is 1.16 bits per heavy atom. The third-order valence-corrected chi connectivity index (χ3v) is 4.16. The van der Waals surface area contributed by atoms with Gasteiger partial charge in [-0.15, -0.1) is 12.4 Å². The SMILES string of the molecule is CC(C)(C)c1ccc([C@@H](N)[C@@H](O)C2CCC2)cc1.Cl. The second-order valence-electron chi connectivity index (χ2n) is 6.58. The molecule has 0 radical (unpaired) electrons. The summed E-state index contributed by atoms with van der Waals surface area (Å²) >= 11 is 0. The molecule has 0 heterocycles. The van der Waals surface area contributed by atoms with E-state index in [1.807, 2.05) is 0 Å². The van der Waals surface area contributed by atoms with E-state index in [4.69, 9.17) is 5.73 Å². The van der Waals surface area contributed by atoms with Crippen LogP contribution in [0.25, 0.3) is 0 Å². The zero-order valence-electron chi connectivity index (χ0n) is 12.1. The summed E-state index contributed by atoms with van der Waals surface area (Å²) in [5.74, 6) is 0.405. The van der Waals surface area contributed by atoms with Gasteiger partial charge in [0.2, 0.25) is 0 Å². The summed E-state index contributed by atoms with van der Waals surface area (Å²) in [5.41, 5.74) is 8.67. The number of rotatable bonds is 3. The molecule has 1 aromatic rings. The summed E-state index contributed by atoms with van der Waals surface area (Å²) in [6.45, 7) is 6.60. The molecule has 108 valence electrons. The molecule has 2 nitrogen and oxygen atoms in total. The van der Waals surface area contributed by atoms with Crippen molar-refractivity contribution in [3.05, 3.63) is 35.4 Å². The first-order chi connectivity index (χ1) is 8.39. The summed E-state index contributed by atoms with van der Waals surface area (Å²) in [6, 6.07) is 8.13. The van der Waals surface area contributed by atoms with Crippen molar-refractivity contribution < 1.29 is 5.11 Å². The van der Waals surface area contributed by atoms with E-state index < -0.39 is 0 Å². The van der Waals surface area contributed by atoms with Crippen molar-refractivity contribution in [1.82, 2.24) is 0 Å².